The molecule has 144 valence electrons. The summed E-state index contributed by atoms with van der Waals surface area (Å²) in [6.45, 7) is 0.630. The molecule has 0 atom stereocenters. The fraction of sp³-hybridized carbons (Fsp3) is 0.375. The summed E-state index contributed by atoms with van der Waals surface area (Å²) in [4.78, 5) is 16.9. The van der Waals surface area contributed by atoms with Gasteiger partial charge in [-0.15, -0.1) is 23.7 Å². The zero-order valence-corrected chi connectivity index (χ0v) is 15.6. The van der Waals surface area contributed by atoms with Gasteiger partial charge in [0.2, 0.25) is 0 Å². The molecule has 0 unspecified atom stereocenters. The standard InChI is InChI=1S/C16H18F3N3O2S.ClH/c1-22(15(23)16(17,18)19)7-2-8-24-12-5-3-11(4-6-12)14-21-10-13(9-20)25-14;/h3-6,10H,2,7-9,20H2,1H3;1H. The number of alkyl halides is 3. The highest BCUT2D eigenvalue weighted by molar-refractivity contribution is 7.15. The molecule has 0 aliphatic rings. The number of carbonyl (C=O) groups excluding carboxylic acids is 1. The molecule has 1 amide bonds. The van der Waals surface area contributed by atoms with Gasteiger partial charge in [0.25, 0.3) is 0 Å². The molecular weight excluding hydrogens is 391 g/mol. The Morgan fingerprint density at radius 3 is 2.50 bits per heavy atom. The van der Waals surface area contributed by atoms with Crippen LogP contribution < -0.4 is 10.5 Å². The van der Waals surface area contributed by atoms with Gasteiger partial charge in [-0.2, -0.15) is 13.2 Å². The highest BCUT2D eigenvalue weighted by atomic mass is 35.5. The second-order valence-electron chi connectivity index (χ2n) is 5.29. The first kappa shape index (κ1) is 22.2. The summed E-state index contributed by atoms with van der Waals surface area (Å²) in [5.74, 6) is -1.25. The van der Waals surface area contributed by atoms with Crippen molar-refractivity contribution in [2.75, 3.05) is 20.2 Å². The van der Waals surface area contributed by atoms with Crippen LogP contribution in [0.25, 0.3) is 10.6 Å². The third kappa shape index (κ3) is 6.15. The third-order valence-electron chi connectivity index (χ3n) is 3.35. The fourth-order valence-electron chi connectivity index (χ4n) is 2.04. The van der Waals surface area contributed by atoms with Crippen LogP contribution in [-0.4, -0.2) is 42.2 Å². The molecule has 0 fully saturated rings. The first-order valence-corrected chi connectivity index (χ1v) is 8.33. The Hall–Kier alpha value is -1.84. The SMILES string of the molecule is CN(CCCOc1ccc(-c2ncc(CN)s2)cc1)C(=O)C(F)(F)F.Cl. The monoisotopic (exact) mass is 409 g/mol. The van der Waals surface area contributed by atoms with Crippen LogP contribution in [-0.2, 0) is 11.3 Å². The molecule has 5 nitrogen and oxygen atoms in total. The lowest BCUT2D eigenvalue weighted by Crippen LogP contribution is -2.39. The van der Waals surface area contributed by atoms with Crippen LogP contribution in [0.1, 0.15) is 11.3 Å². The molecular formula is C16H19ClF3N3O2S. The van der Waals surface area contributed by atoms with E-state index in [4.69, 9.17) is 10.5 Å². The predicted octanol–water partition coefficient (Wildman–Crippen LogP) is 3.48. The summed E-state index contributed by atoms with van der Waals surface area (Å²) >= 11 is 1.51. The van der Waals surface area contributed by atoms with Crippen LogP contribution in [0.5, 0.6) is 5.75 Å². The summed E-state index contributed by atoms with van der Waals surface area (Å²) in [7, 11) is 1.12. The van der Waals surface area contributed by atoms with Crippen LogP contribution in [0.3, 0.4) is 0 Å². The van der Waals surface area contributed by atoms with E-state index < -0.39 is 12.1 Å². The van der Waals surface area contributed by atoms with E-state index in [-0.39, 0.29) is 25.6 Å². The molecule has 0 aliphatic carbocycles. The maximum Gasteiger partial charge on any atom is 0.471 e. The summed E-state index contributed by atoms with van der Waals surface area (Å²) in [6, 6.07) is 7.24. The van der Waals surface area contributed by atoms with Gasteiger partial charge in [-0.1, -0.05) is 0 Å². The molecule has 1 aromatic heterocycles. The lowest BCUT2D eigenvalue weighted by molar-refractivity contribution is -0.184. The molecule has 1 heterocycles. The van der Waals surface area contributed by atoms with Gasteiger partial charge in [-0.25, -0.2) is 4.98 Å². The largest absolute Gasteiger partial charge is 0.494 e. The summed E-state index contributed by atoms with van der Waals surface area (Å²) in [6.07, 6.45) is -2.80. The Morgan fingerprint density at radius 2 is 1.96 bits per heavy atom. The van der Waals surface area contributed by atoms with E-state index in [1.54, 1.807) is 18.3 Å². The molecule has 0 bridgehead atoms. The summed E-state index contributed by atoms with van der Waals surface area (Å²) in [5.41, 5.74) is 6.50. The summed E-state index contributed by atoms with van der Waals surface area (Å²) < 4.78 is 42.2. The lowest BCUT2D eigenvalue weighted by atomic mass is 10.2. The average Bonchev–Trinajstić information content (AvgIpc) is 3.06. The van der Waals surface area contributed by atoms with Gasteiger partial charge in [0.15, 0.2) is 0 Å². The second-order valence-corrected chi connectivity index (χ2v) is 6.40. The number of hydrogen-bond donors (Lipinski definition) is 1. The van der Waals surface area contributed by atoms with E-state index in [1.807, 2.05) is 12.1 Å². The van der Waals surface area contributed by atoms with Crippen molar-refractivity contribution in [1.82, 2.24) is 9.88 Å². The Labute approximate surface area is 159 Å². The van der Waals surface area contributed by atoms with Gasteiger partial charge in [0, 0.05) is 36.8 Å². The number of thiazole rings is 1. The molecule has 2 aromatic rings. The second kappa shape index (κ2) is 9.75. The third-order valence-corrected chi connectivity index (χ3v) is 4.42. The van der Waals surface area contributed by atoms with Crippen molar-refractivity contribution < 1.29 is 22.7 Å². The molecule has 2 N–H and O–H groups in total. The Kier molecular flexibility index (Phi) is 8.32. The van der Waals surface area contributed by atoms with Gasteiger partial charge in [0.1, 0.15) is 10.8 Å². The first-order valence-electron chi connectivity index (χ1n) is 7.51. The minimum atomic E-state index is -4.84. The average molecular weight is 410 g/mol. The van der Waals surface area contributed by atoms with Crippen molar-refractivity contribution in [2.24, 2.45) is 5.73 Å². The number of ether oxygens (including phenoxy) is 1. The topological polar surface area (TPSA) is 68.4 Å². The number of hydrogen-bond acceptors (Lipinski definition) is 5. The van der Waals surface area contributed by atoms with Crippen molar-refractivity contribution in [3.05, 3.63) is 35.3 Å². The minimum Gasteiger partial charge on any atom is -0.494 e. The predicted molar refractivity (Wildman–Crippen MR) is 96.5 cm³/mol. The molecule has 0 radical (unpaired) electrons. The molecule has 0 saturated carbocycles. The van der Waals surface area contributed by atoms with Crippen LogP contribution in [0.4, 0.5) is 13.2 Å². The van der Waals surface area contributed by atoms with E-state index >= 15 is 0 Å². The van der Waals surface area contributed by atoms with Crippen molar-refractivity contribution in [1.29, 1.82) is 0 Å². The minimum absolute atomic E-state index is 0. The van der Waals surface area contributed by atoms with Gasteiger partial charge in [-0.05, 0) is 30.7 Å². The number of aromatic nitrogens is 1. The van der Waals surface area contributed by atoms with Crippen molar-refractivity contribution in [3.8, 4) is 16.3 Å². The van der Waals surface area contributed by atoms with E-state index in [2.05, 4.69) is 4.98 Å². The van der Waals surface area contributed by atoms with Crippen LogP contribution in [0.15, 0.2) is 30.5 Å². The van der Waals surface area contributed by atoms with Crippen molar-refractivity contribution in [2.45, 2.75) is 19.1 Å². The van der Waals surface area contributed by atoms with E-state index in [1.165, 1.54) is 11.3 Å². The quantitative estimate of drug-likeness (QED) is 0.711. The molecule has 1 aromatic carbocycles. The van der Waals surface area contributed by atoms with E-state index in [0.717, 1.165) is 22.5 Å². The number of halogens is 4. The Balaban J connectivity index is 0.00000338. The molecule has 10 heteroatoms. The fourth-order valence-corrected chi connectivity index (χ4v) is 2.84. The van der Waals surface area contributed by atoms with Gasteiger partial charge >= 0.3 is 12.1 Å². The summed E-state index contributed by atoms with van der Waals surface area (Å²) in [5, 5.41) is 0.860. The van der Waals surface area contributed by atoms with Gasteiger partial charge in [-0.3, -0.25) is 4.79 Å². The number of amides is 1. The maximum absolute atomic E-state index is 12.2. The molecule has 0 aliphatic heterocycles. The molecule has 0 saturated heterocycles. The highest BCUT2D eigenvalue weighted by Gasteiger charge is 2.40. The zero-order valence-electron chi connectivity index (χ0n) is 14.0. The maximum atomic E-state index is 12.2. The Bertz CT molecular complexity index is 708. The molecule has 2 rings (SSSR count). The number of nitrogens with zero attached hydrogens (tertiary/aromatic N) is 2. The number of benzene rings is 1. The van der Waals surface area contributed by atoms with Crippen molar-refractivity contribution >= 4 is 29.7 Å². The lowest BCUT2D eigenvalue weighted by Gasteiger charge is -2.18. The highest BCUT2D eigenvalue weighted by Crippen LogP contribution is 2.26. The van der Waals surface area contributed by atoms with Gasteiger partial charge < -0.3 is 15.4 Å². The van der Waals surface area contributed by atoms with Crippen LogP contribution in [0.2, 0.25) is 0 Å². The van der Waals surface area contributed by atoms with Crippen molar-refractivity contribution in [3.63, 3.8) is 0 Å². The number of nitrogens with two attached hydrogens (primary N) is 1. The Morgan fingerprint density at radius 1 is 1.31 bits per heavy atom. The molecule has 0 spiro atoms. The van der Waals surface area contributed by atoms with E-state index in [0.29, 0.717) is 23.6 Å². The van der Waals surface area contributed by atoms with Crippen LogP contribution >= 0.6 is 23.7 Å². The zero-order chi connectivity index (χ0) is 18.4. The smallest absolute Gasteiger partial charge is 0.471 e. The van der Waals surface area contributed by atoms with Gasteiger partial charge in [0.05, 0.1) is 6.61 Å². The molecule has 26 heavy (non-hydrogen) atoms. The first-order chi connectivity index (χ1) is 11.8. The van der Waals surface area contributed by atoms with E-state index in [9.17, 15) is 18.0 Å². The van der Waals surface area contributed by atoms with Crippen LogP contribution in [0, 0.1) is 0 Å². The number of rotatable bonds is 7. The number of carbonyl (C=O) groups is 1. The normalized spacial score (nSPS) is 11.0.